The van der Waals surface area contributed by atoms with Gasteiger partial charge in [0.05, 0.1) is 12.8 Å². The molecule has 0 radical (unpaired) electrons. The first kappa shape index (κ1) is 16.9. The second kappa shape index (κ2) is 6.09. The molecule has 116 valence electrons. The van der Waals surface area contributed by atoms with Crippen molar-refractivity contribution in [1.29, 1.82) is 0 Å². The van der Waals surface area contributed by atoms with Crippen LogP contribution in [0, 0.1) is 5.92 Å². The third kappa shape index (κ3) is 4.17. The van der Waals surface area contributed by atoms with E-state index < -0.39 is 27.4 Å². The van der Waals surface area contributed by atoms with E-state index >= 15 is 0 Å². The lowest BCUT2D eigenvalue weighted by Crippen LogP contribution is -2.58. The number of rotatable bonds is 5. The Hall–Kier alpha value is -1.15. The molecule has 0 bridgehead atoms. The second-order valence-electron chi connectivity index (χ2n) is 5.64. The summed E-state index contributed by atoms with van der Waals surface area (Å²) in [5, 5.41) is 11.9. The maximum atomic E-state index is 11.9. The molecule has 1 aliphatic rings. The Bertz CT molecular complexity index is 480. The number of hydrogen-bond acceptors (Lipinski definition) is 4. The molecule has 1 saturated carbocycles. The normalized spacial score (nSPS) is 27.3. The summed E-state index contributed by atoms with van der Waals surface area (Å²) in [6.07, 6.45) is 3.20. The number of carboxylic acids is 1. The number of hydrogen-bond donors (Lipinski definition) is 2. The highest BCUT2D eigenvalue weighted by atomic mass is 32.2. The van der Waals surface area contributed by atoms with E-state index in [0.717, 1.165) is 23.4 Å². The van der Waals surface area contributed by atoms with Gasteiger partial charge in [0.25, 0.3) is 0 Å². The summed E-state index contributed by atoms with van der Waals surface area (Å²) in [4.78, 5) is 23.3. The van der Waals surface area contributed by atoms with Gasteiger partial charge in [-0.2, -0.15) is 4.31 Å². The minimum absolute atomic E-state index is 0.372. The van der Waals surface area contributed by atoms with Crippen LogP contribution < -0.4 is 5.32 Å². The van der Waals surface area contributed by atoms with Crippen LogP contribution in [0.1, 0.15) is 32.6 Å². The Balaban J connectivity index is 2.72. The number of amides is 1. The quantitative estimate of drug-likeness (QED) is 0.745. The van der Waals surface area contributed by atoms with Crippen LogP contribution in [-0.4, -0.2) is 55.1 Å². The van der Waals surface area contributed by atoms with Gasteiger partial charge in [0.2, 0.25) is 15.9 Å². The van der Waals surface area contributed by atoms with E-state index in [-0.39, 0.29) is 6.54 Å². The molecule has 0 heterocycles. The third-order valence-electron chi connectivity index (χ3n) is 3.85. The van der Waals surface area contributed by atoms with Crippen molar-refractivity contribution in [2.24, 2.45) is 5.92 Å². The lowest BCUT2D eigenvalue weighted by Gasteiger charge is -2.36. The SMILES string of the molecule is CC1CCC(NC(=O)CN(C)S(C)(=O)=O)(C(=O)O)CC1. The van der Waals surface area contributed by atoms with Crippen LogP contribution in [0.5, 0.6) is 0 Å². The van der Waals surface area contributed by atoms with E-state index in [1.165, 1.54) is 7.05 Å². The van der Waals surface area contributed by atoms with Crippen molar-refractivity contribution >= 4 is 21.9 Å². The number of nitrogens with zero attached hydrogens (tertiary/aromatic N) is 1. The van der Waals surface area contributed by atoms with E-state index in [1.54, 1.807) is 0 Å². The molecule has 7 nitrogen and oxygen atoms in total. The van der Waals surface area contributed by atoms with Crippen molar-refractivity contribution in [3.8, 4) is 0 Å². The largest absolute Gasteiger partial charge is 0.480 e. The molecule has 0 unspecified atom stereocenters. The summed E-state index contributed by atoms with van der Waals surface area (Å²) in [6.45, 7) is 1.68. The van der Waals surface area contributed by atoms with Crippen molar-refractivity contribution < 1.29 is 23.1 Å². The summed E-state index contributed by atoms with van der Waals surface area (Å²) in [7, 11) is -2.18. The fraction of sp³-hybridized carbons (Fsp3) is 0.833. The van der Waals surface area contributed by atoms with Crippen molar-refractivity contribution in [3.05, 3.63) is 0 Å². The zero-order valence-corrected chi connectivity index (χ0v) is 12.9. The number of carboxylic acid groups (broad SMARTS) is 1. The lowest BCUT2D eigenvalue weighted by molar-refractivity contribution is -0.149. The van der Waals surface area contributed by atoms with Crippen molar-refractivity contribution in [2.45, 2.75) is 38.1 Å². The molecule has 1 fully saturated rings. The van der Waals surface area contributed by atoms with Crippen molar-refractivity contribution in [2.75, 3.05) is 19.8 Å². The number of aliphatic carboxylic acids is 1. The zero-order chi connectivity index (χ0) is 15.6. The van der Waals surface area contributed by atoms with Crippen LogP contribution in [0.4, 0.5) is 0 Å². The summed E-state index contributed by atoms with van der Waals surface area (Å²) in [5.74, 6) is -1.20. The number of likely N-dealkylation sites (N-methyl/N-ethyl adjacent to an activating group) is 1. The van der Waals surface area contributed by atoms with Gasteiger partial charge in [0.1, 0.15) is 5.54 Å². The van der Waals surface area contributed by atoms with Gasteiger partial charge in [-0.1, -0.05) is 6.92 Å². The Labute approximate surface area is 119 Å². The molecule has 20 heavy (non-hydrogen) atoms. The predicted molar refractivity (Wildman–Crippen MR) is 73.6 cm³/mol. The van der Waals surface area contributed by atoms with Gasteiger partial charge >= 0.3 is 5.97 Å². The zero-order valence-electron chi connectivity index (χ0n) is 12.0. The molecule has 2 N–H and O–H groups in total. The van der Waals surface area contributed by atoms with Gasteiger partial charge in [-0.25, -0.2) is 13.2 Å². The van der Waals surface area contributed by atoms with E-state index in [4.69, 9.17) is 0 Å². The standard InChI is InChI=1S/C12H22N2O5S/c1-9-4-6-12(7-5-9,11(16)17)13-10(15)8-14(2)20(3,18)19/h9H,4-8H2,1-3H3,(H,13,15)(H,16,17). The van der Waals surface area contributed by atoms with E-state index in [9.17, 15) is 23.1 Å². The third-order valence-corrected chi connectivity index (χ3v) is 5.11. The average Bonchev–Trinajstić information content (AvgIpc) is 2.30. The molecular weight excluding hydrogens is 284 g/mol. The van der Waals surface area contributed by atoms with Gasteiger partial charge < -0.3 is 10.4 Å². The van der Waals surface area contributed by atoms with Crippen LogP contribution in [0.2, 0.25) is 0 Å². The first-order chi connectivity index (χ1) is 9.07. The van der Waals surface area contributed by atoms with Crippen LogP contribution in [-0.2, 0) is 19.6 Å². The van der Waals surface area contributed by atoms with Crippen LogP contribution in [0.3, 0.4) is 0 Å². The molecule has 0 aromatic heterocycles. The minimum Gasteiger partial charge on any atom is -0.480 e. The molecule has 0 aliphatic heterocycles. The van der Waals surface area contributed by atoms with E-state index in [2.05, 4.69) is 5.32 Å². The average molecular weight is 306 g/mol. The Morgan fingerprint density at radius 3 is 2.25 bits per heavy atom. The fourth-order valence-electron chi connectivity index (χ4n) is 2.27. The molecule has 0 saturated heterocycles. The smallest absolute Gasteiger partial charge is 0.329 e. The van der Waals surface area contributed by atoms with Crippen LogP contribution >= 0.6 is 0 Å². The maximum Gasteiger partial charge on any atom is 0.329 e. The van der Waals surface area contributed by atoms with Crippen LogP contribution in [0.25, 0.3) is 0 Å². The molecule has 8 heteroatoms. The molecule has 0 aromatic rings. The molecule has 0 atom stereocenters. The lowest BCUT2D eigenvalue weighted by atomic mass is 9.77. The molecule has 1 rings (SSSR count). The summed E-state index contributed by atoms with van der Waals surface area (Å²) < 4.78 is 23.4. The van der Waals surface area contributed by atoms with Gasteiger partial charge in [0, 0.05) is 7.05 Å². The Morgan fingerprint density at radius 2 is 1.85 bits per heavy atom. The fourth-order valence-corrected chi connectivity index (χ4v) is 2.62. The van der Waals surface area contributed by atoms with Crippen molar-refractivity contribution in [1.82, 2.24) is 9.62 Å². The summed E-state index contributed by atoms with van der Waals surface area (Å²) >= 11 is 0. The number of sulfonamides is 1. The first-order valence-electron chi connectivity index (χ1n) is 6.52. The van der Waals surface area contributed by atoms with E-state index in [1.807, 2.05) is 6.92 Å². The molecular formula is C12H22N2O5S. The topological polar surface area (TPSA) is 104 Å². The molecule has 1 amide bonds. The van der Waals surface area contributed by atoms with Gasteiger partial charge in [-0.3, -0.25) is 4.79 Å². The van der Waals surface area contributed by atoms with Crippen LogP contribution in [0.15, 0.2) is 0 Å². The molecule has 0 spiro atoms. The number of nitrogens with one attached hydrogen (secondary N) is 1. The van der Waals surface area contributed by atoms with Crippen molar-refractivity contribution in [3.63, 3.8) is 0 Å². The van der Waals surface area contributed by atoms with Gasteiger partial charge in [-0.05, 0) is 31.6 Å². The number of carbonyl (C=O) groups excluding carboxylic acids is 1. The van der Waals surface area contributed by atoms with Gasteiger partial charge in [0.15, 0.2) is 0 Å². The second-order valence-corrected chi connectivity index (χ2v) is 7.73. The highest BCUT2D eigenvalue weighted by Crippen LogP contribution is 2.32. The first-order valence-corrected chi connectivity index (χ1v) is 8.37. The van der Waals surface area contributed by atoms with E-state index in [0.29, 0.717) is 18.8 Å². The summed E-state index contributed by atoms with van der Waals surface area (Å²) in [5.41, 5.74) is -1.26. The minimum atomic E-state index is -3.46. The monoisotopic (exact) mass is 306 g/mol. The van der Waals surface area contributed by atoms with Gasteiger partial charge in [-0.15, -0.1) is 0 Å². The Morgan fingerprint density at radius 1 is 1.35 bits per heavy atom. The number of carbonyl (C=O) groups is 2. The summed E-state index contributed by atoms with van der Waals surface area (Å²) in [6, 6.07) is 0. The maximum absolute atomic E-state index is 11.9. The Kier molecular flexibility index (Phi) is 5.15. The molecule has 1 aliphatic carbocycles. The highest BCUT2D eigenvalue weighted by Gasteiger charge is 2.42. The highest BCUT2D eigenvalue weighted by molar-refractivity contribution is 7.88. The molecule has 0 aromatic carbocycles. The predicted octanol–water partition coefficient (Wildman–Crippen LogP) is 0.0275.